The van der Waals surface area contributed by atoms with Gasteiger partial charge in [-0.1, -0.05) is 36.5 Å². The van der Waals surface area contributed by atoms with E-state index in [0.717, 1.165) is 61.7 Å². The Hall–Kier alpha value is -3.57. The highest BCUT2D eigenvalue weighted by Crippen LogP contribution is 2.40. The first-order chi connectivity index (χ1) is 19.3. The summed E-state index contributed by atoms with van der Waals surface area (Å²) in [4.78, 5) is 42.0. The van der Waals surface area contributed by atoms with Crippen molar-refractivity contribution in [2.45, 2.75) is 58.0 Å². The lowest BCUT2D eigenvalue weighted by molar-refractivity contribution is -0.124. The zero-order chi connectivity index (χ0) is 28.0. The number of pyridine rings is 2. The maximum Gasteiger partial charge on any atom is 0.439 e. The van der Waals surface area contributed by atoms with Crippen LogP contribution in [0.2, 0.25) is 5.02 Å². The molecule has 4 aromatic heterocycles. The van der Waals surface area contributed by atoms with E-state index in [1.54, 1.807) is 19.4 Å². The molecule has 2 aliphatic rings. The standard InChI is InChI=1S/C28H33ClN8O3/c1-16-6-8-17(9-7-16)15-36-24-20(33-27(36)37(3)10-4-5-22(37)26(38)30-2)12-21(25-34-28(39)40-35-25)32-23(24)18-11-19(29)14-31-13-18/h11-14,16-17,22H,4-10,15H2,1-3H3,(H-,30,34,35,38,39)/p+1/t16-,17-,22-,37?/m1/s1. The maximum atomic E-state index is 13.1. The highest BCUT2D eigenvalue weighted by Gasteiger charge is 2.48. The molecule has 1 aliphatic heterocycles. The number of aromatic amines is 1. The second kappa shape index (κ2) is 10.4. The van der Waals surface area contributed by atoms with Gasteiger partial charge >= 0.3 is 11.7 Å². The van der Waals surface area contributed by atoms with Gasteiger partial charge in [-0.25, -0.2) is 9.78 Å². The number of nitrogens with zero attached hydrogens (tertiary/aromatic N) is 6. The predicted octanol–water partition coefficient (Wildman–Crippen LogP) is 4.16. The molecule has 11 nitrogen and oxygen atoms in total. The molecular weight excluding hydrogens is 532 g/mol. The Morgan fingerprint density at radius 2 is 2.00 bits per heavy atom. The molecule has 1 amide bonds. The van der Waals surface area contributed by atoms with E-state index in [4.69, 9.17) is 26.1 Å². The van der Waals surface area contributed by atoms with Crippen molar-refractivity contribution in [3.8, 4) is 22.8 Å². The van der Waals surface area contributed by atoms with E-state index in [0.29, 0.717) is 32.3 Å². The van der Waals surface area contributed by atoms with Crippen molar-refractivity contribution in [2.75, 3.05) is 20.6 Å². The summed E-state index contributed by atoms with van der Waals surface area (Å²) >= 11 is 6.38. The number of amides is 1. The fraction of sp³-hybridized carbons (Fsp3) is 0.500. The summed E-state index contributed by atoms with van der Waals surface area (Å²) in [5.41, 5.74) is 3.33. The minimum Gasteiger partial charge on any atom is -0.354 e. The zero-order valence-corrected chi connectivity index (χ0v) is 23.7. The summed E-state index contributed by atoms with van der Waals surface area (Å²) in [5, 5.41) is 7.23. The van der Waals surface area contributed by atoms with Crippen molar-refractivity contribution in [1.29, 1.82) is 0 Å². The lowest BCUT2D eigenvalue weighted by atomic mass is 9.83. The largest absolute Gasteiger partial charge is 0.439 e. The Morgan fingerprint density at radius 1 is 1.20 bits per heavy atom. The first-order valence-electron chi connectivity index (χ1n) is 13.9. The summed E-state index contributed by atoms with van der Waals surface area (Å²) in [6.45, 7) is 3.90. The number of aromatic nitrogens is 6. The number of hydrogen-bond donors (Lipinski definition) is 2. The van der Waals surface area contributed by atoms with E-state index < -0.39 is 5.76 Å². The van der Waals surface area contributed by atoms with Crippen LogP contribution < -0.4 is 15.6 Å². The van der Waals surface area contributed by atoms with Gasteiger partial charge in [0.25, 0.3) is 5.91 Å². The molecule has 0 radical (unpaired) electrons. The average molecular weight is 566 g/mol. The third kappa shape index (κ3) is 4.71. The summed E-state index contributed by atoms with van der Waals surface area (Å²) in [6.07, 6.45) is 9.70. The molecule has 2 N–H and O–H groups in total. The first kappa shape index (κ1) is 26.6. The molecule has 5 heterocycles. The van der Waals surface area contributed by atoms with E-state index in [1.165, 1.54) is 12.8 Å². The van der Waals surface area contributed by atoms with Crippen LogP contribution in [0.15, 0.2) is 33.8 Å². The van der Waals surface area contributed by atoms with Gasteiger partial charge in [0.05, 0.1) is 35.3 Å². The lowest BCUT2D eigenvalue weighted by Gasteiger charge is -2.34. The summed E-state index contributed by atoms with van der Waals surface area (Å²) in [5.74, 6) is 1.62. The number of likely N-dealkylation sites (N-methyl/N-ethyl adjacent to an activating group) is 2. The van der Waals surface area contributed by atoms with Gasteiger partial charge in [-0.15, -0.1) is 0 Å². The lowest BCUT2D eigenvalue weighted by Crippen LogP contribution is -2.57. The third-order valence-electron chi connectivity index (χ3n) is 8.74. The number of hydrogen-bond acceptors (Lipinski definition) is 7. The van der Waals surface area contributed by atoms with Gasteiger partial charge in [-0.05, 0) is 36.8 Å². The zero-order valence-electron chi connectivity index (χ0n) is 23.0. The number of imidazole rings is 1. The minimum absolute atomic E-state index is 0.0170. The maximum absolute atomic E-state index is 13.1. The van der Waals surface area contributed by atoms with Gasteiger partial charge in [0.2, 0.25) is 5.82 Å². The quantitative estimate of drug-likeness (QED) is 0.335. The molecule has 1 aliphatic carbocycles. The van der Waals surface area contributed by atoms with E-state index in [-0.39, 0.29) is 17.8 Å². The molecule has 0 bridgehead atoms. The van der Waals surface area contributed by atoms with Crippen LogP contribution in [0.3, 0.4) is 0 Å². The van der Waals surface area contributed by atoms with E-state index in [9.17, 15) is 9.59 Å². The molecule has 1 saturated heterocycles. The number of carbonyl (C=O) groups excluding carboxylic acids is 1. The normalized spacial score (nSPS) is 24.9. The van der Waals surface area contributed by atoms with Crippen LogP contribution in [0.1, 0.15) is 45.4 Å². The second-order valence-corrected chi connectivity index (χ2v) is 11.9. The Balaban J connectivity index is 1.61. The van der Waals surface area contributed by atoms with Crippen LogP contribution >= 0.6 is 11.6 Å². The fourth-order valence-electron chi connectivity index (χ4n) is 6.53. The van der Waals surface area contributed by atoms with Crippen molar-refractivity contribution in [1.82, 2.24) is 39.5 Å². The molecule has 6 rings (SSSR count). The molecule has 1 unspecified atom stereocenters. The number of H-pyrrole nitrogens is 1. The molecule has 12 heteroatoms. The topological polar surface area (TPSA) is 132 Å². The number of fused-ring (bicyclic) bond motifs is 1. The third-order valence-corrected chi connectivity index (χ3v) is 8.94. The molecule has 40 heavy (non-hydrogen) atoms. The predicted molar refractivity (Wildman–Crippen MR) is 153 cm³/mol. The summed E-state index contributed by atoms with van der Waals surface area (Å²) < 4.78 is 7.47. The molecule has 0 spiro atoms. The van der Waals surface area contributed by atoms with Crippen molar-refractivity contribution in [3.05, 3.63) is 40.1 Å². The highest BCUT2D eigenvalue weighted by molar-refractivity contribution is 6.30. The van der Waals surface area contributed by atoms with Crippen LogP contribution in [0.4, 0.5) is 5.95 Å². The van der Waals surface area contributed by atoms with Crippen LogP contribution in [0.25, 0.3) is 33.8 Å². The van der Waals surface area contributed by atoms with E-state index >= 15 is 0 Å². The minimum atomic E-state index is -0.663. The molecule has 2 atom stereocenters. The number of carbonyl (C=O) groups is 1. The number of rotatable bonds is 6. The van der Waals surface area contributed by atoms with Crippen molar-refractivity contribution in [3.63, 3.8) is 0 Å². The van der Waals surface area contributed by atoms with E-state index in [2.05, 4.69) is 39.0 Å². The average Bonchev–Trinajstić information content (AvgIpc) is 3.66. The van der Waals surface area contributed by atoms with E-state index in [1.807, 2.05) is 12.1 Å². The summed E-state index contributed by atoms with van der Waals surface area (Å²) in [6, 6.07) is 3.40. The van der Waals surface area contributed by atoms with Gasteiger partial charge < -0.3 is 5.32 Å². The molecule has 4 aromatic rings. The number of quaternary nitrogens is 1. The molecule has 0 aromatic carbocycles. The number of nitrogens with one attached hydrogen (secondary N) is 2. The van der Waals surface area contributed by atoms with Gasteiger partial charge in [-0.3, -0.25) is 28.3 Å². The number of likely N-dealkylation sites (tertiary alicyclic amines) is 1. The molecule has 210 valence electrons. The Morgan fingerprint density at radius 3 is 2.70 bits per heavy atom. The Bertz CT molecular complexity index is 1620. The molecular formula is C28H34ClN8O3+. The van der Waals surface area contributed by atoms with Crippen LogP contribution in [0, 0.1) is 11.8 Å². The number of halogens is 1. The van der Waals surface area contributed by atoms with Crippen molar-refractivity contribution < 1.29 is 9.32 Å². The Labute approximate surface area is 236 Å². The fourth-order valence-corrected chi connectivity index (χ4v) is 6.70. The SMILES string of the molecule is CNC(=O)[C@H]1CCC[N+]1(C)c1nc2cc(-c3noc(=O)[nH]3)nc(-c3cncc(Cl)c3)c2n1C[C@H]1CC[C@H](C)CC1. The highest BCUT2D eigenvalue weighted by atomic mass is 35.5. The molecule has 1 saturated carbocycles. The van der Waals surface area contributed by atoms with Crippen LogP contribution in [0.5, 0.6) is 0 Å². The van der Waals surface area contributed by atoms with Gasteiger partial charge in [0.1, 0.15) is 5.69 Å². The van der Waals surface area contributed by atoms with Crippen molar-refractivity contribution in [2.24, 2.45) is 11.8 Å². The molecule has 2 fully saturated rings. The smallest absolute Gasteiger partial charge is 0.354 e. The Kier molecular flexibility index (Phi) is 6.95. The second-order valence-electron chi connectivity index (χ2n) is 11.5. The monoisotopic (exact) mass is 565 g/mol. The van der Waals surface area contributed by atoms with Gasteiger partial charge in [0, 0.05) is 44.4 Å². The van der Waals surface area contributed by atoms with Gasteiger partial charge in [-0.2, -0.15) is 4.98 Å². The first-order valence-corrected chi connectivity index (χ1v) is 14.3. The summed E-state index contributed by atoms with van der Waals surface area (Å²) in [7, 11) is 3.80. The van der Waals surface area contributed by atoms with Gasteiger partial charge in [0.15, 0.2) is 6.04 Å². The van der Waals surface area contributed by atoms with Crippen molar-refractivity contribution >= 4 is 34.5 Å². The van der Waals surface area contributed by atoms with Crippen LogP contribution in [-0.4, -0.2) is 62.2 Å². The van der Waals surface area contributed by atoms with Crippen LogP contribution in [-0.2, 0) is 11.3 Å².